The van der Waals surface area contributed by atoms with Gasteiger partial charge in [-0.25, -0.2) is 26.4 Å². The first-order valence-electron chi connectivity index (χ1n) is 16.2. The lowest BCUT2D eigenvalue weighted by atomic mass is 9.97. The van der Waals surface area contributed by atoms with Crippen LogP contribution in [0.5, 0.6) is 0 Å². The zero-order chi connectivity index (χ0) is 37.0. The first-order valence-corrected chi connectivity index (χ1v) is 20.6. The molecule has 0 saturated carbocycles. The highest BCUT2D eigenvalue weighted by Gasteiger charge is 2.29. The molecule has 0 aliphatic carbocycles. The average Bonchev–Trinajstić information content (AvgIpc) is 3.43. The summed E-state index contributed by atoms with van der Waals surface area (Å²) in [5.74, 6) is -1.46. The van der Waals surface area contributed by atoms with E-state index in [1.807, 2.05) is 66.7 Å². The molecule has 8 nitrogen and oxygen atoms in total. The molecule has 1 unspecified atom stereocenters. The smallest absolute Gasteiger partial charge is 0.335 e. The van der Waals surface area contributed by atoms with Crippen molar-refractivity contribution in [2.45, 2.75) is 28.5 Å². The normalized spacial score (nSPS) is 12.7. The molecular formula is C39H33Cl3N2O6S2. The van der Waals surface area contributed by atoms with Crippen LogP contribution in [0.25, 0.3) is 10.9 Å². The molecule has 0 saturated heterocycles. The predicted octanol–water partition coefficient (Wildman–Crippen LogP) is 8.70. The number of rotatable bonds is 14. The van der Waals surface area contributed by atoms with Gasteiger partial charge in [-0.2, -0.15) is 0 Å². The SMILES string of the molecule is O=C(O)c1ccc(S(=O)(=O)CCc2c(CCNS(=O)(=O)C(Cl)c3ccccc3Cl)n(C(c3ccccc3)c3ccccc3)c3ccc(Cl)cc23)cc1. The minimum absolute atomic E-state index is 0.00671. The molecule has 0 amide bonds. The van der Waals surface area contributed by atoms with Crippen LogP contribution in [0.3, 0.4) is 0 Å². The van der Waals surface area contributed by atoms with Crippen molar-refractivity contribution in [2.75, 3.05) is 12.3 Å². The van der Waals surface area contributed by atoms with E-state index in [1.54, 1.807) is 36.4 Å². The maximum absolute atomic E-state index is 13.7. The highest BCUT2D eigenvalue weighted by molar-refractivity contribution is 7.91. The Morgan fingerprint density at radius 2 is 1.35 bits per heavy atom. The maximum atomic E-state index is 13.7. The van der Waals surface area contributed by atoms with E-state index in [0.717, 1.165) is 22.0 Å². The van der Waals surface area contributed by atoms with Gasteiger partial charge >= 0.3 is 5.97 Å². The third-order valence-corrected chi connectivity index (χ3v) is 13.5. The molecule has 52 heavy (non-hydrogen) atoms. The summed E-state index contributed by atoms with van der Waals surface area (Å²) in [5.41, 5.74) is 4.31. The first-order chi connectivity index (χ1) is 24.9. The zero-order valence-corrected chi connectivity index (χ0v) is 31.4. The maximum Gasteiger partial charge on any atom is 0.335 e. The Hall–Kier alpha value is -4.16. The molecule has 5 aromatic carbocycles. The van der Waals surface area contributed by atoms with E-state index in [4.69, 9.17) is 34.8 Å². The van der Waals surface area contributed by atoms with E-state index < -0.39 is 30.5 Å². The lowest BCUT2D eigenvalue weighted by molar-refractivity contribution is 0.0696. The number of hydrogen-bond acceptors (Lipinski definition) is 5. The van der Waals surface area contributed by atoms with Crippen LogP contribution in [0.2, 0.25) is 10.0 Å². The van der Waals surface area contributed by atoms with Gasteiger partial charge < -0.3 is 9.67 Å². The Morgan fingerprint density at radius 3 is 1.94 bits per heavy atom. The van der Waals surface area contributed by atoms with Crippen molar-refractivity contribution in [1.82, 2.24) is 9.29 Å². The summed E-state index contributed by atoms with van der Waals surface area (Å²) in [4.78, 5) is 11.4. The number of halogens is 3. The molecule has 0 bridgehead atoms. The highest BCUT2D eigenvalue weighted by atomic mass is 35.5. The van der Waals surface area contributed by atoms with Crippen LogP contribution >= 0.6 is 34.8 Å². The van der Waals surface area contributed by atoms with E-state index >= 15 is 0 Å². The van der Waals surface area contributed by atoms with Gasteiger partial charge in [-0.15, -0.1) is 0 Å². The number of nitrogens with one attached hydrogen (secondary N) is 1. The minimum Gasteiger partial charge on any atom is -0.478 e. The summed E-state index contributed by atoms with van der Waals surface area (Å²) in [6.45, 7) is -0.0627. The number of carboxylic acids is 1. The number of fused-ring (bicyclic) bond motifs is 1. The van der Waals surface area contributed by atoms with Crippen LogP contribution in [-0.2, 0) is 32.7 Å². The Kier molecular flexibility index (Phi) is 11.4. The summed E-state index contributed by atoms with van der Waals surface area (Å²) in [7, 11) is -7.99. The molecule has 6 rings (SSSR count). The van der Waals surface area contributed by atoms with E-state index in [9.17, 15) is 26.7 Å². The van der Waals surface area contributed by atoms with Crippen LogP contribution in [0.1, 0.15) is 49.1 Å². The van der Waals surface area contributed by atoms with Crippen molar-refractivity contribution in [3.8, 4) is 0 Å². The number of sulfone groups is 1. The highest BCUT2D eigenvalue weighted by Crippen LogP contribution is 2.38. The molecule has 1 atom stereocenters. The molecule has 0 radical (unpaired) electrons. The second-order valence-electron chi connectivity index (χ2n) is 12.1. The third-order valence-electron chi connectivity index (χ3n) is 8.84. The third kappa shape index (κ3) is 8.07. The van der Waals surface area contributed by atoms with Crippen LogP contribution < -0.4 is 4.72 Å². The number of alkyl halides is 1. The molecule has 0 aliphatic heterocycles. The fraction of sp³-hybridized carbons (Fsp3) is 0.154. The summed E-state index contributed by atoms with van der Waals surface area (Å²) >= 11 is 19.3. The summed E-state index contributed by atoms with van der Waals surface area (Å²) in [5, 5.41) is 10.7. The summed E-state index contributed by atoms with van der Waals surface area (Å²) in [6, 6.07) is 36.3. The van der Waals surface area contributed by atoms with Gasteiger partial charge in [-0.1, -0.05) is 114 Å². The van der Waals surface area contributed by atoms with Crippen molar-refractivity contribution >= 4 is 71.5 Å². The predicted molar refractivity (Wildman–Crippen MR) is 207 cm³/mol. The Bertz CT molecular complexity index is 2400. The number of carboxylic acid groups (broad SMARTS) is 1. The van der Waals surface area contributed by atoms with Gasteiger partial charge in [0.15, 0.2) is 14.5 Å². The first kappa shape index (κ1) is 37.6. The van der Waals surface area contributed by atoms with Gasteiger partial charge in [0, 0.05) is 45.2 Å². The number of aryl methyl sites for hydroxylation is 1. The van der Waals surface area contributed by atoms with Crippen molar-refractivity contribution in [3.05, 3.63) is 171 Å². The van der Waals surface area contributed by atoms with Gasteiger partial charge in [0.1, 0.15) is 0 Å². The van der Waals surface area contributed by atoms with E-state index in [2.05, 4.69) is 9.29 Å². The zero-order valence-electron chi connectivity index (χ0n) is 27.5. The van der Waals surface area contributed by atoms with Crippen molar-refractivity contribution < 1.29 is 26.7 Å². The molecular weight excluding hydrogens is 763 g/mol. The molecule has 268 valence electrons. The summed E-state index contributed by atoms with van der Waals surface area (Å²) < 4.78 is 57.6. The minimum atomic E-state index is -4.11. The van der Waals surface area contributed by atoms with Crippen molar-refractivity contribution in [1.29, 1.82) is 0 Å². The number of hydrogen-bond donors (Lipinski definition) is 2. The molecule has 1 heterocycles. The number of aromatic carboxylic acids is 1. The monoisotopic (exact) mass is 794 g/mol. The lowest BCUT2D eigenvalue weighted by Crippen LogP contribution is -2.30. The van der Waals surface area contributed by atoms with Crippen molar-refractivity contribution in [3.63, 3.8) is 0 Å². The van der Waals surface area contributed by atoms with Gasteiger partial charge in [0.2, 0.25) is 10.0 Å². The summed E-state index contributed by atoms with van der Waals surface area (Å²) in [6.07, 6.45) is 0.222. The van der Waals surface area contributed by atoms with Crippen LogP contribution in [0.15, 0.2) is 132 Å². The van der Waals surface area contributed by atoms with Gasteiger partial charge in [0.25, 0.3) is 0 Å². The number of benzene rings is 5. The average molecular weight is 796 g/mol. The Labute approximate surface area is 317 Å². The molecule has 0 aliphatic rings. The second kappa shape index (κ2) is 15.8. The fourth-order valence-corrected chi connectivity index (χ4v) is 9.63. The Morgan fingerprint density at radius 1 is 0.750 bits per heavy atom. The number of carbonyl (C=O) groups is 1. The van der Waals surface area contributed by atoms with E-state index in [1.165, 1.54) is 24.3 Å². The fourth-order valence-electron chi connectivity index (χ4n) is 6.38. The number of aromatic nitrogens is 1. The molecule has 6 aromatic rings. The van der Waals surface area contributed by atoms with Gasteiger partial charge in [-0.3, -0.25) is 0 Å². The molecule has 1 aromatic heterocycles. The van der Waals surface area contributed by atoms with Crippen LogP contribution in [0, 0.1) is 0 Å². The molecule has 2 N–H and O–H groups in total. The van der Waals surface area contributed by atoms with Gasteiger partial charge in [0.05, 0.1) is 22.3 Å². The standard InChI is InChI=1S/C39H33Cl3N2O6S2/c40-29-17-20-35-33(25-29)31(22-24-51(47,48)30-18-15-28(16-19-30)39(45)46)36(21-23-43-52(49,50)38(42)32-13-7-8-14-34(32)41)44(35)37(26-9-3-1-4-10-26)27-11-5-2-6-12-27/h1-20,25,37-38,43H,21-24H2,(H,45,46). The molecule has 0 spiro atoms. The largest absolute Gasteiger partial charge is 0.478 e. The Balaban J connectivity index is 1.46. The van der Waals surface area contributed by atoms with Gasteiger partial charge in [-0.05, 0) is 71.6 Å². The van der Waals surface area contributed by atoms with Crippen molar-refractivity contribution in [2.24, 2.45) is 0 Å². The van der Waals surface area contributed by atoms with E-state index in [0.29, 0.717) is 16.3 Å². The van der Waals surface area contributed by atoms with Crippen LogP contribution in [-0.4, -0.2) is 44.8 Å². The second-order valence-corrected chi connectivity index (χ2v) is 17.6. The number of nitrogens with zero attached hydrogens (tertiary/aromatic N) is 1. The molecule has 13 heteroatoms. The van der Waals surface area contributed by atoms with Crippen LogP contribution in [0.4, 0.5) is 0 Å². The lowest BCUT2D eigenvalue weighted by Gasteiger charge is -2.25. The topological polar surface area (TPSA) is 123 Å². The quantitative estimate of drug-likeness (QED) is 0.106. The molecule has 0 fully saturated rings. The number of sulfonamides is 1. The van der Waals surface area contributed by atoms with E-state index in [-0.39, 0.29) is 52.2 Å².